The minimum Gasteiger partial charge on any atom is -0.339 e. The first-order chi connectivity index (χ1) is 12.0. The molecular formula is C19H28N4O2. The highest BCUT2D eigenvalue weighted by Crippen LogP contribution is 2.21. The van der Waals surface area contributed by atoms with Crippen LogP contribution < -0.4 is 0 Å². The minimum atomic E-state index is -0.0199. The van der Waals surface area contributed by atoms with Gasteiger partial charge in [-0.2, -0.15) is 0 Å². The van der Waals surface area contributed by atoms with Crippen LogP contribution in [0.25, 0.3) is 0 Å². The Bertz CT molecular complexity index is 638. The maximum absolute atomic E-state index is 12.7. The zero-order valence-corrected chi connectivity index (χ0v) is 15.4. The number of likely N-dealkylation sites (tertiary alicyclic amines) is 1. The molecule has 0 saturated carbocycles. The van der Waals surface area contributed by atoms with Gasteiger partial charge in [0.25, 0.3) is 5.91 Å². The van der Waals surface area contributed by atoms with Crippen molar-refractivity contribution in [1.29, 1.82) is 0 Å². The first-order valence-corrected chi connectivity index (χ1v) is 9.24. The normalized spacial score (nSPS) is 22.6. The molecule has 136 valence electrons. The molecule has 1 aromatic heterocycles. The molecule has 0 spiro atoms. The van der Waals surface area contributed by atoms with Gasteiger partial charge >= 0.3 is 0 Å². The van der Waals surface area contributed by atoms with Crippen LogP contribution in [-0.2, 0) is 4.79 Å². The molecule has 3 heterocycles. The van der Waals surface area contributed by atoms with E-state index in [-0.39, 0.29) is 23.9 Å². The number of aryl methyl sites for hydroxylation is 1. The number of rotatable bonds is 3. The van der Waals surface area contributed by atoms with Crippen LogP contribution in [0.1, 0.15) is 42.7 Å². The highest BCUT2D eigenvalue weighted by molar-refractivity contribution is 5.95. The van der Waals surface area contributed by atoms with Crippen molar-refractivity contribution in [3.63, 3.8) is 0 Å². The van der Waals surface area contributed by atoms with Gasteiger partial charge in [-0.3, -0.25) is 19.5 Å². The highest BCUT2D eigenvalue weighted by Gasteiger charge is 2.36. The number of hydrogen-bond donors (Lipinski definition) is 0. The van der Waals surface area contributed by atoms with Crippen LogP contribution in [0.4, 0.5) is 0 Å². The van der Waals surface area contributed by atoms with Crippen molar-refractivity contribution < 1.29 is 9.59 Å². The van der Waals surface area contributed by atoms with Crippen molar-refractivity contribution in [3.8, 4) is 0 Å². The Hall–Kier alpha value is -1.95. The van der Waals surface area contributed by atoms with Crippen molar-refractivity contribution in [1.82, 2.24) is 19.7 Å². The summed E-state index contributed by atoms with van der Waals surface area (Å²) in [5.74, 6) is 0.299. The first-order valence-electron chi connectivity index (χ1n) is 9.24. The molecule has 25 heavy (non-hydrogen) atoms. The van der Waals surface area contributed by atoms with Gasteiger partial charge in [-0.1, -0.05) is 0 Å². The monoisotopic (exact) mass is 344 g/mol. The van der Waals surface area contributed by atoms with Crippen molar-refractivity contribution in [2.24, 2.45) is 0 Å². The molecule has 2 saturated heterocycles. The van der Waals surface area contributed by atoms with E-state index in [4.69, 9.17) is 0 Å². The van der Waals surface area contributed by atoms with Gasteiger partial charge < -0.3 is 9.80 Å². The van der Waals surface area contributed by atoms with Crippen LogP contribution in [0.15, 0.2) is 18.3 Å². The van der Waals surface area contributed by atoms with E-state index in [0.29, 0.717) is 18.7 Å². The second kappa shape index (κ2) is 7.52. The third-order valence-electron chi connectivity index (χ3n) is 5.35. The van der Waals surface area contributed by atoms with Gasteiger partial charge in [0.1, 0.15) is 0 Å². The zero-order valence-electron chi connectivity index (χ0n) is 15.4. The Morgan fingerprint density at radius 1 is 1.20 bits per heavy atom. The lowest BCUT2D eigenvalue weighted by molar-refractivity contribution is -0.142. The number of piperazine rings is 1. The van der Waals surface area contributed by atoms with Crippen LogP contribution >= 0.6 is 0 Å². The van der Waals surface area contributed by atoms with Gasteiger partial charge in [-0.05, 0) is 45.7 Å². The van der Waals surface area contributed by atoms with Gasteiger partial charge in [-0.25, -0.2) is 0 Å². The maximum Gasteiger partial charge on any atom is 0.255 e. The standard InChI is InChI=1S/C19H28N4O2/c1-14(2)23-9-5-7-17(19(23)25)21-10-12-22(13-11-21)18(24)16-6-4-8-20-15(16)3/h4,6,8,14,17H,5,7,9-13H2,1-3H3/t17-/m1/s1. The fourth-order valence-electron chi connectivity index (χ4n) is 3.85. The van der Waals surface area contributed by atoms with Gasteiger partial charge in [0.15, 0.2) is 0 Å². The lowest BCUT2D eigenvalue weighted by Crippen LogP contribution is -2.59. The van der Waals surface area contributed by atoms with Gasteiger partial charge in [0.05, 0.1) is 11.6 Å². The average Bonchev–Trinajstić information content (AvgIpc) is 2.62. The molecule has 3 rings (SSSR count). The molecule has 2 aliphatic heterocycles. The van der Waals surface area contributed by atoms with E-state index in [9.17, 15) is 9.59 Å². The van der Waals surface area contributed by atoms with Crippen LogP contribution in [0.2, 0.25) is 0 Å². The summed E-state index contributed by atoms with van der Waals surface area (Å²) in [5, 5.41) is 0. The Morgan fingerprint density at radius 3 is 2.56 bits per heavy atom. The second-order valence-electron chi connectivity index (χ2n) is 7.25. The number of nitrogens with zero attached hydrogens (tertiary/aromatic N) is 4. The van der Waals surface area contributed by atoms with E-state index >= 15 is 0 Å². The Balaban J connectivity index is 1.61. The zero-order chi connectivity index (χ0) is 18.0. The Labute approximate surface area is 149 Å². The van der Waals surface area contributed by atoms with Crippen LogP contribution in [-0.4, -0.2) is 76.3 Å². The van der Waals surface area contributed by atoms with Gasteiger partial charge in [0, 0.05) is 50.7 Å². The number of carbonyl (C=O) groups is 2. The van der Waals surface area contributed by atoms with Crippen molar-refractivity contribution in [3.05, 3.63) is 29.6 Å². The SMILES string of the molecule is Cc1ncccc1C(=O)N1CCN([C@@H]2CCCN(C(C)C)C2=O)CC1. The van der Waals surface area contributed by atoms with Crippen LogP contribution in [0.5, 0.6) is 0 Å². The smallest absolute Gasteiger partial charge is 0.255 e. The fourth-order valence-corrected chi connectivity index (χ4v) is 3.85. The number of carbonyl (C=O) groups excluding carboxylic acids is 2. The van der Waals surface area contributed by atoms with E-state index in [1.165, 1.54) is 0 Å². The van der Waals surface area contributed by atoms with E-state index in [2.05, 4.69) is 23.7 Å². The molecule has 6 nitrogen and oxygen atoms in total. The summed E-state index contributed by atoms with van der Waals surface area (Å²) >= 11 is 0. The van der Waals surface area contributed by atoms with Crippen LogP contribution in [0, 0.1) is 6.92 Å². The molecule has 2 amide bonds. The number of hydrogen-bond acceptors (Lipinski definition) is 4. The molecule has 6 heteroatoms. The molecule has 2 fully saturated rings. The number of amides is 2. The quantitative estimate of drug-likeness (QED) is 0.835. The molecule has 0 bridgehead atoms. The third-order valence-corrected chi connectivity index (χ3v) is 5.35. The molecule has 1 atom stereocenters. The van der Waals surface area contributed by atoms with Gasteiger partial charge in [-0.15, -0.1) is 0 Å². The Morgan fingerprint density at radius 2 is 1.92 bits per heavy atom. The number of aromatic nitrogens is 1. The van der Waals surface area contributed by atoms with Crippen molar-refractivity contribution in [2.75, 3.05) is 32.7 Å². The summed E-state index contributed by atoms with van der Waals surface area (Å²) in [6.07, 6.45) is 3.69. The minimum absolute atomic E-state index is 0.0199. The maximum atomic E-state index is 12.7. The Kier molecular flexibility index (Phi) is 5.37. The molecule has 0 aromatic carbocycles. The fraction of sp³-hybridized carbons (Fsp3) is 0.632. The summed E-state index contributed by atoms with van der Waals surface area (Å²) < 4.78 is 0. The summed E-state index contributed by atoms with van der Waals surface area (Å²) in [4.78, 5) is 35.8. The molecular weight excluding hydrogens is 316 g/mol. The molecule has 1 aromatic rings. The van der Waals surface area contributed by atoms with E-state index in [1.807, 2.05) is 22.8 Å². The molecule has 0 radical (unpaired) electrons. The molecule has 0 N–H and O–H groups in total. The largest absolute Gasteiger partial charge is 0.339 e. The third kappa shape index (κ3) is 3.68. The lowest BCUT2D eigenvalue weighted by Gasteiger charge is -2.43. The van der Waals surface area contributed by atoms with Crippen molar-refractivity contribution >= 4 is 11.8 Å². The van der Waals surface area contributed by atoms with Gasteiger partial charge in [0.2, 0.25) is 5.91 Å². The predicted octanol–water partition coefficient (Wildman–Crippen LogP) is 1.55. The molecule has 0 aliphatic carbocycles. The lowest BCUT2D eigenvalue weighted by atomic mass is 10.0. The predicted molar refractivity (Wildman–Crippen MR) is 96.3 cm³/mol. The topological polar surface area (TPSA) is 56.8 Å². The molecule has 0 unspecified atom stereocenters. The molecule has 2 aliphatic rings. The van der Waals surface area contributed by atoms with E-state index in [0.717, 1.165) is 38.2 Å². The number of piperidine rings is 1. The van der Waals surface area contributed by atoms with Crippen LogP contribution in [0.3, 0.4) is 0 Å². The van der Waals surface area contributed by atoms with Crippen molar-refractivity contribution in [2.45, 2.75) is 45.7 Å². The highest BCUT2D eigenvalue weighted by atomic mass is 16.2. The summed E-state index contributed by atoms with van der Waals surface area (Å²) in [7, 11) is 0. The second-order valence-corrected chi connectivity index (χ2v) is 7.25. The summed E-state index contributed by atoms with van der Waals surface area (Å²) in [6, 6.07) is 3.88. The summed E-state index contributed by atoms with van der Waals surface area (Å²) in [6.45, 7) is 9.73. The first kappa shape index (κ1) is 17.9. The number of pyridine rings is 1. The van der Waals surface area contributed by atoms with E-state index < -0.39 is 0 Å². The average molecular weight is 344 g/mol. The summed E-state index contributed by atoms with van der Waals surface area (Å²) in [5.41, 5.74) is 1.45. The van der Waals surface area contributed by atoms with E-state index in [1.54, 1.807) is 12.3 Å².